The van der Waals surface area contributed by atoms with Gasteiger partial charge in [-0.2, -0.15) is 13.9 Å². The van der Waals surface area contributed by atoms with Gasteiger partial charge in [-0.3, -0.25) is 0 Å². The number of benzene rings is 2. The Morgan fingerprint density at radius 3 is 2.62 bits per heavy atom. The minimum absolute atomic E-state index is 0. The Kier molecular flexibility index (Phi) is 6.14. The summed E-state index contributed by atoms with van der Waals surface area (Å²) in [5.41, 5.74) is 10.3. The van der Waals surface area contributed by atoms with Gasteiger partial charge in [-0.15, -0.1) is 12.4 Å². The Bertz CT molecular complexity index is 1240. The summed E-state index contributed by atoms with van der Waals surface area (Å²) in [6.45, 7) is -2.44. The van der Waals surface area contributed by atoms with E-state index in [1.54, 1.807) is 22.8 Å². The fourth-order valence-electron chi connectivity index (χ4n) is 3.42. The van der Waals surface area contributed by atoms with Crippen molar-refractivity contribution in [2.75, 3.05) is 12.3 Å². The minimum atomic E-state index is -2.92. The maximum Gasteiger partial charge on any atom is 0.387 e. The molecule has 0 saturated heterocycles. The molecular weight excluding hydrogens is 438 g/mol. The molecule has 0 amide bonds. The van der Waals surface area contributed by atoms with Gasteiger partial charge in [0.05, 0.1) is 18.0 Å². The minimum Gasteiger partial charge on any atom is -0.489 e. The van der Waals surface area contributed by atoms with Crippen molar-refractivity contribution in [2.45, 2.75) is 19.5 Å². The first kappa shape index (κ1) is 21.8. The largest absolute Gasteiger partial charge is 0.489 e. The second kappa shape index (κ2) is 9.00. The predicted octanol–water partition coefficient (Wildman–Crippen LogP) is 5.46. The van der Waals surface area contributed by atoms with Crippen LogP contribution in [0.2, 0.25) is 0 Å². The third-order valence-electron chi connectivity index (χ3n) is 5.17. The number of halogens is 3. The third-order valence-corrected chi connectivity index (χ3v) is 5.17. The van der Waals surface area contributed by atoms with Crippen molar-refractivity contribution in [1.82, 2.24) is 14.6 Å². The average Bonchev–Trinajstić information content (AvgIpc) is 3.48. The van der Waals surface area contributed by atoms with Gasteiger partial charge in [0.1, 0.15) is 0 Å². The molecule has 9 heteroatoms. The highest BCUT2D eigenvalue weighted by atomic mass is 35.5. The van der Waals surface area contributed by atoms with Gasteiger partial charge in [0.2, 0.25) is 0 Å². The van der Waals surface area contributed by atoms with E-state index in [0.717, 1.165) is 35.4 Å². The summed E-state index contributed by atoms with van der Waals surface area (Å²) in [7, 11) is 0. The maximum absolute atomic E-state index is 12.8. The van der Waals surface area contributed by atoms with Crippen molar-refractivity contribution in [3.05, 3.63) is 60.8 Å². The molecule has 0 atom stereocenters. The zero-order valence-corrected chi connectivity index (χ0v) is 17.8. The molecule has 32 heavy (non-hydrogen) atoms. The van der Waals surface area contributed by atoms with Gasteiger partial charge in [0.15, 0.2) is 17.1 Å². The van der Waals surface area contributed by atoms with Crippen LogP contribution in [0.15, 0.2) is 60.8 Å². The van der Waals surface area contributed by atoms with Crippen LogP contribution in [-0.4, -0.2) is 27.8 Å². The van der Waals surface area contributed by atoms with E-state index in [1.165, 1.54) is 6.07 Å². The molecule has 4 aromatic rings. The Balaban J connectivity index is 0.00000245. The summed E-state index contributed by atoms with van der Waals surface area (Å²) in [6, 6.07) is 16.1. The van der Waals surface area contributed by atoms with E-state index in [0.29, 0.717) is 23.9 Å². The molecule has 0 aliphatic heterocycles. The third kappa shape index (κ3) is 4.60. The number of nitrogens with two attached hydrogens (primary N) is 1. The van der Waals surface area contributed by atoms with Crippen molar-refractivity contribution in [3.63, 3.8) is 0 Å². The standard InChI is InChI=1S/C23H20F2N4O2.ClH/c24-23(25)31-20-7-6-16(11-21(20)30-13-14-4-5-14)19-8-9-27-22-12-18(28-29(19)22)15-2-1-3-17(26)10-15;/h1-3,6-12,14,23H,4-5,13,26H2;1H. The molecule has 2 N–H and O–H groups in total. The first-order valence-electron chi connectivity index (χ1n) is 9.99. The van der Waals surface area contributed by atoms with E-state index >= 15 is 0 Å². The molecule has 2 aromatic carbocycles. The van der Waals surface area contributed by atoms with E-state index in [-0.39, 0.29) is 23.9 Å². The normalized spacial score (nSPS) is 13.2. The van der Waals surface area contributed by atoms with Crippen LogP contribution in [0.3, 0.4) is 0 Å². The molecule has 1 saturated carbocycles. The summed E-state index contributed by atoms with van der Waals surface area (Å²) < 4.78 is 37.8. The molecule has 5 rings (SSSR count). The first-order valence-corrected chi connectivity index (χ1v) is 9.99. The second-order valence-corrected chi connectivity index (χ2v) is 7.55. The second-order valence-electron chi connectivity index (χ2n) is 7.55. The zero-order valence-electron chi connectivity index (χ0n) is 16.9. The molecule has 166 valence electrons. The smallest absolute Gasteiger partial charge is 0.387 e. The SMILES string of the molecule is Cl.Nc1cccc(-c2cc3nccc(-c4ccc(OC(F)F)c(OCC5CC5)c4)n3n2)c1. The van der Waals surface area contributed by atoms with Crippen molar-refractivity contribution in [1.29, 1.82) is 0 Å². The lowest BCUT2D eigenvalue weighted by Gasteiger charge is -2.14. The van der Waals surface area contributed by atoms with Crippen LogP contribution < -0.4 is 15.2 Å². The summed E-state index contributed by atoms with van der Waals surface area (Å²) in [6.07, 6.45) is 3.87. The molecule has 6 nitrogen and oxygen atoms in total. The monoisotopic (exact) mass is 458 g/mol. The average molecular weight is 459 g/mol. The highest BCUT2D eigenvalue weighted by Crippen LogP contribution is 2.36. The zero-order chi connectivity index (χ0) is 21.4. The van der Waals surface area contributed by atoms with Crippen LogP contribution in [-0.2, 0) is 0 Å². The molecule has 0 unspecified atom stereocenters. The highest BCUT2D eigenvalue weighted by Gasteiger charge is 2.23. The number of fused-ring (bicyclic) bond motifs is 1. The van der Waals surface area contributed by atoms with Crippen LogP contribution in [0.1, 0.15) is 12.8 Å². The van der Waals surface area contributed by atoms with Crippen LogP contribution in [0.5, 0.6) is 11.5 Å². The Morgan fingerprint density at radius 1 is 1.03 bits per heavy atom. The molecule has 0 radical (unpaired) electrons. The predicted molar refractivity (Wildman–Crippen MR) is 120 cm³/mol. The van der Waals surface area contributed by atoms with E-state index in [1.807, 2.05) is 36.4 Å². The summed E-state index contributed by atoms with van der Waals surface area (Å²) in [5, 5.41) is 4.69. The Morgan fingerprint density at radius 2 is 1.88 bits per heavy atom. The molecule has 0 spiro atoms. The van der Waals surface area contributed by atoms with Crippen LogP contribution in [0.25, 0.3) is 28.2 Å². The topological polar surface area (TPSA) is 74.7 Å². The van der Waals surface area contributed by atoms with Crippen molar-refractivity contribution in [2.24, 2.45) is 5.92 Å². The lowest BCUT2D eigenvalue weighted by atomic mass is 10.1. The number of rotatable bonds is 7. The van der Waals surface area contributed by atoms with Crippen LogP contribution in [0, 0.1) is 5.92 Å². The van der Waals surface area contributed by atoms with E-state index < -0.39 is 6.61 Å². The lowest BCUT2D eigenvalue weighted by molar-refractivity contribution is -0.0515. The molecule has 1 fully saturated rings. The number of hydrogen-bond acceptors (Lipinski definition) is 5. The van der Waals surface area contributed by atoms with Crippen molar-refractivity contribution < 1.29 is 18.3 Å². The number of aromatic nitrogens is 3. The molecule has 2 heterocycles. The number of ether oxygens (including phenoxy) is 2. The fourth-order valence-corrected chi connectivity index (χ4v) is 3.42. The van der Waals surface area contributed by atoms with Gasteiger partial charge < -0.3 is 15.2 Å². The molecule has 1 aliphatic rings. The van der Waals surface area contributed by atoms with Crippen molar-refractivity contribution >= 4 is 23.7 Å². The molecule has 2 aromatic heterocycles. The van der Waals surface area contributed by atoms with Gasteiger partial charge in [-0.1, -0.05) is 12.1 Å². The van der Waals surface area contributed by atoms with Crippen LogP contribution >= 0.6 is 12.4 Å². The van der Waals surface area contributed by atoms with E-state index in [2.05, 4.69) is 9.72 Å². The highest BCUT2D eigenvalue weighted by molar-refractivity contribution is 5.85. The number of alkyl halides is 2. The lowest BCUT2D eigenvalue weighted by Crippen LogP contribution is -2.06. The van der Waals surface area contributed by atoms with Gasteiger partial charge >= 0.3 is 6.61 Å². The Hall–Kier alpha value is -3.39. The van der Waals surface area contributed by atoms with E-state index in [4.69, 9.17) is 15.6 Å². The number of anilines is 1. The summed E-state index contributed by atoms with van der Waals surface area (Å²) >= 11 is 0. The number of hydrogen-bond donors (Lipinski definition) is 1. The number of nitrogen functional groups attached to an aromatic ring is 1. The quantitative estimate of drug-likeness (QED) is 0.372. The van der Waals surface area contributed by atoms with Crippen LogP contribution in [0.4, 0.5) is 14.5 Å². The van der Waals surface area contributed by atoms with Gasteiger partial charge in [-0.05, 0) is 55.2 Å². The molecular formula is C23H21ClF2N4O2. The summed E-state index contributed by atoms with van der Waals surface area (Å²) in [4.78, 5) is 4.40. The van der Waals surface area contributed by atoms with E-state index in [9.17, 15) is 8.78 Å². The first-order chi connectivity index (χ1) is 15.1. The molecule has 1 aliphatic carbocycles. The maximum atomic E-state index is 12.8. The fraction of sp³-hybridized carbons (Fsp3) is 0.217. The Labute approximate surface area is 189 Å². The van der Waals surface area contributed by atoms with Crippen molar-refractivity contribution in [3.8, 4) is 34.0 Å². The van der Waals surface area contributed by atoms with Gasteiger partial charge in [-0.25, -0.2) is 9.50 Å². The molecule has 0 bridgehead atoms. The van der Waals surface area contributed by atoms with Gasteiger partial charge in [0, 0.05) is 29.1 Å². The number of nitrogens with zero attached hydrogens (tertiary/aromatic N) is 3. The summed E-state index contributed by atoms with van der Waals surface area (Å²) in [5.74, 6) is 0.783. The van der Waals surface area contributed by atoms with Gasteiger partial charge in [0.25, 0.3) is 0 Å².